The largest absolute Gasteiger partial charge is 0.647 e. The van der Waals surface area contributed by atoms with Gasteiger partial charge in [0.15, 0.2) is 5.75 Å². The molecule has 5 aromatic carbocycles. The van der Waals surface area contributed by atoms with Crippen molar-refractivity contribution in [3.05, 3.63) is 140 Å². The van der Waals surface area contributed by atoms with E-state index in [0.717, 1.165) is 11.1 Å². The Labute approximate surface area is 239 Å². The van der Waals surface area contributed by atoms with Gasteiger partial charge in [0.25, 0.3) is 0 Å². The molecular formula is C32H27O7P2+. The maximum Gasteiger partial charge on any atom is 0.647 e. The van der Waals surface area contributed by atoms with Crippen molar-refractivity contribution in [2.75, 3.05) is 0 Å². The molecule has 5 aromatic rings. The summed E-state index contributed by atoms with van der Waals surface area (Å²) in [5.41, 5.74) is 1.79. The quantitative estimate of drug-likeness (QED) is 0.135. The lowest BCUT2D eigenvalue weighted by molar-refractivity contribution is 0.281. The van der Waals surface area contributed by atoms with Crippen LogP contribution in [0.2, 0.25) is 0 Å². The average molecular weight is 586 g/mol. The van der Waals surface area contributed by atoms with Gasteiger partial charge in [-0.25, -0.2) is 0 Å². The first-order chi connectivity index (χ1) is 20.0. The smallest absolute Gasteiger partial charge is 0.444 e. The highest BCUT2D eigenvalue weighted by Gasteiger charge is 2.33. The third kappa shape index (κ3) is 7.98. The Morgan fingerprint density at radius 3 is 1.32 bits per heavy atom. The SMILES string of the molecule is CC(Oc1ccccc1)[P+](=O)Oc1ccc(-c2ccc(OP(=O)(Oc3ccccc3)Oc3ccccc3)cc2)cc1. The second kappa shape index (κ2) is 13.2. The number of para-hydroxylation sites is 3. The van der Waals surface area contributed by atoms with Gasteiger partial charge < -0.3 is 18.3 Å². The minimum Gasteiger partial charge on any atom is -0.444 e. The summed E-state index contributed by atoms with van der Waals surface area (Å²) in [6, 6.07) is 40.9. The highest BCUT2D eigenvalue weighted by molar-refractivity contribution is 7.49. The fourth-order valence-corrected chi connectivity index (χ4v) is 5.68. The van der Waals surface area contributed by atoms with E-state index in [1.54, 1.807) is 91.9 Å². The molecule has 206 valence electrons. The second-order valence-corrected chi connectivity index (χ2v) is 11.7. The molecule has 9 heteroatoms. The molecule has 5 rings (SSSR count). The zero-order chi connectivity index (χ0) is 28.5. The number of phosphoric acid groups is 1. The van der Waals surface area contributed by atoms with Crippen LogP contribution in [0.4, 0.5) is 0 Å². The van der Waals surface area contributed by atoms with Gasteiger partial charge in [-0.2, -0.15) is 4.57 Å². The van der Waals surface area contributed by atoms with Crippen molar-refractivity contribution in [2.45, 2.75) is 12.8 Å². The number of hydrogen-bond acceptors (Lipinski definition) is 7. The summed E-state index contributed by atoms with van der Waals surface area (Å²) in [4.78, 5) is 0. The first-order valence-corrected chi connectivity index (χ1v) is 15.5. The fraction of sp³-hybridized carbons (Fsp3) is 0.0625. The van der Waals surface area contributed by atoms with E-state index in [1.807, 2.05) is 54.6 Å². The van der Waals surface area contributed by atoms with E-state index < -0.39 is 21.7 Å². The lowest BCUT2D eigenvalue weighted by atomic mass is 10.1. The molecule has 0 heterocycles. The van der Waals surface area contributed by atoms with Crippen LogP contribution < -0.4 is 22.8 Å². The molecule has 0 radical (unpaired) electrons. The second-order valence-electron chi connectivity index (χ2n) is 8.80. The van der Waals surface area contributed by atoms with Crippen LogP contribution in [0, 0.1) is 0 Å². The maximum atomic E-state index is 13.6. The van der Waals surface area contributed by atoms with E-state index in [-0.39, 0.29) is 0 Å². The van der Waals surface area contributed by atoms with Gasteiger partial charge in [-0.05, 0) is 76.4 Å². The van der Waals surface area contributed by atoms with Crippen LogP contribution in [0.5, 0.6) is 28.7 Å². The molecule has 7 nitrogen and oxygen atoms in total. The zero-order valence-corrected chi connectivity index (χ0v) is 23.9. The summed E-state index contributed by atoms with van der Waals surface area (Å²) in [6.07, 6.45) is 0. The van der Waals surface area contributed by atoms with Crippen molar-refractivity contribution in [3.8, 4) is 39.9 Å². The Balaban J connectivity index is 1.24. The minimum absolute atomic E-state index is 0.313. The Bertz CT molecular complexity index is 1550. The molecule has 0 bridgehead atoms. The van der Waals surface area contributed by atoms with Crippen LogP contribution in [0.25, 0.3) is 11.1 Å². The Kier molecular flexibility index (Phi) is 9.00. The summed E-state index contributed by atoms with van der Waals surface area (Å²) < 4.78 is 54.7. The van der Waals surface area contributed by atoms with Crippen molar-refractivity contribution in [1.82, 2.24) is 0 Å². The molecule has 0 spiro atoms. The van der Waals surface area contributed by atoms with Gasteiger partial charge in [-0.1, -0.05) is 78.9 Å². The third-order valence-electron chi connectivity index (χ3n) is 5.72. The van der Waals surface area contributed by atoms with E-state index in [0.29, 0.717) is 28.7 Å². The van der Waals surface area contributed by atoms with Gasteiger partial charge in [-0.15, -0.1) is 0 Å². The molecule has 0 aliphatic heterocycles. The summed E-state index contributed by atoms with van der Waals surface area (Å²) in [7, 11) is -6.18. The van der Waals surface area contributed by atoms with Crippen LogP contribution >= 0.6 is 15.9 Å². The lowest BCUT2D eigenvalue weighted by Gasteiger charge is -2.19. The lowest BCUT2D eigenvalue weighted by Crippen LogP contribution is -2.08. The normalized spacial score (nSPS) is 12.1. The van der Waals surface area contributed by atoms with Crippen LogP contribution in [0.1, 0.15) is 6.92 Å². The third-order valence-corrected chi connectivity index (χ3v) is 8.12. The Morgan fingerprint density at radius 1 is 0.512 bits per heavy atom. The van der Waals surface area contributed by atoms with Crippen LogP contribution in [-0.2, 0) is 9.13 Å². The summed E-state index contributed by atoms with van der Waals surface area (Å²) in [6.45, 7) is 1.71. The molecule has 0 aliphatic carbocycles. The molecule has 0 fully saturated rings. The van der Waals surface area contributed by atoms with E-state index in [4.69, 9.17) is 22.8 Å². The highest BCUT2D eigenvalue weighted by atomic mass is 31.2. The standard InChI is InChI=1S/C32H27O7P2/c1-25(35-28-11-5-2-6-12-28)40(33)36-29-21-17-26(18-22-29)27-19-23-32(24-20-27)39-41(34,37-30-13-7-3-8-14-30)38-31-15-9-4-10-16-31/h2-25H,1H3/q+1. The molecule has 0 saturated heterocycles. The zero-order valence-electron chi connectivity index (χ0n) is 22.1. The van der Waals surface area contributed by atoms with Crippen molar-refractivity contribution in [3.63, 3.8) is 0 Å². The number of rotatable bonds is 12. The monoisotopic (exact) mass is 585 g/mol. The van der Waals surface area contributed by atoms with Gasteiger partial charge in [0, 0.05) is 6.92 Å². The number of ether oxygens (including phenoxy) is 1. The molecule has 0 saturated carbocycles. The van der Waals surface area contributed by atoms with E-state index >= 15 is 0 Å². The maximum absolute atomic E-state index is 13.6. The predicted octanol–water partition coefficient (Wildman–Crippen LogP) is 9.54. The molecule has 0 aromatic heterocycles. The topological polar surface area (TPSA) is 80.3 Å². The molecule has 2 unspecified atom stereocenters. The molecule has 2 atom stereocenters. The number of hydrogen-bond donors (Lipinski definition) is 0. The number of benzene rings is 5. The molecule has 0 aliphatic rings. The first-order valence-electron chi connectivity index (χ1n) is 12.8. The van der Waals surface area contributed by atoms with Crippen LogP contribution in [0.15, 0.2) is 140 Å². The van der Waals surface area contributed by atoms with Gasteiger partial charge in [0.1, 0.15) is 23.0 Å². The highest BCUT2D eigenvalue weighted by Crippen LogP contribution is 2.49. The van der Waals surface area contributed by atoms with E-state index in [9.17, 15) is 9.13 Å². The Morgan fingerprint density at radius 2 is 0.878 bits per heavy atom. The molecule has 0 N–H and O–H groups in total. The first kappa shape index (κ1) is 28.0. The van der Waals surface area contributed by atoms with Crippen LogP contribution in [0.3, 0.4) is 0 Å². The summed E-state index contributed by atoms with van der Waals surface area (Å²) in [5.74, 6) is 1.50. The summed E-state index contributed by atoms with van der Waals surface area (Å²) in [5, 5.41) is 0. The van der Waals surface area contributed by atoms with Crippen molar-refractivity contribution >= 4 is 15.9 Å². The van der Waals surface area contributed by atoms with Gasteiger partial charge in [-0.3, -0.25) is 4.52 Å². The van der Waals surface area contributed by atoms with Gasteiger partial charge in [0.2, 0.25) is 0 Å². The van der Waals surface area contributed by atoms with E-state index in [2.05, 4.69) is 0 Å². The molecule has 41 heavy (non-hydrogen) atoms. The van der Waals surface area contributed by atoms with Crippen molar-refractivity contribution in [2.24, 2.45) is 0 Å². The van der Waals surface area contributed by atoms with Crippen LogP contribution in [-0.4, -0.2) is 5.85 Å². The van der Waals surface area contributed by atoms with Gasteiger partial charge in [0.05, 0.1) is 0 Å². The summed E-state index contributed by atoms with van der Waals surface area (Å²) >= 11 is 0. The minimum atomic E-state index is -4.08. The fourth-order valence-electron chi connectivity index (χ4n) is 3.74. The van der Waals surface area contributed by atoms with Crippen molar-refractivity contribution in [1.29, 1.82) is 0 Å². The van der Waals surface area contributed by atoms with Crippen molar-refractivity contribution < 1.29 is 32.0 Å². The molecule has 0 amide bonds. The predicted molar refractivity (Wildman–Crippen MR) is 159 cm³/mol. The van der Waals surface area contributed by atoms with E-state index in [1.165, 1.54) is 0 Å². The number of phosphoric ester groups is 1. The molecular weight excluding hydrogens is 558 g/mol. The average Bonchev–Trinajstić information content (AvgIpc) is 2.99. The Hall–Kier alpha value is -4.57. The van der Waals surface area contributed by atoms with Gasteiger partial charge >= 0.3 is 21.7 Å².